The maximum atomic E-state index is 5.78. The van der Waals surface area contributed by atoms with Crippen molar-refractivity contribution in [3.8, 4) is 11.5 Å². The number of methoxy groups -OCH3 is 1. The molecule has 30 heavy (non-hydrogen) atoms. The summed E-state index contributed by atoms with van der Waals surface area (Å²) in [6, 6.07) is 17.8. The summed E-state index contributed by atoms with van der Waals surface area (Å²) >= 11 is 0. The van der Waals surface area contributed by atoms with Crippen LogP contribution < -0.4 is 20.1 Å². The van der Waals surface area contributed by atoms with E-state index in [4.69, 9.17) is 14.5 Å². The summed E-state index contributed by atoms with van der Waals surface area (Å²) < 4.78 is 12.9. The summed E-state index contributed by atoms with van der Waals surface area (Å²) in [6.45, 7) is 5.32. The second kappa shape index (κ2) is 11.5. The zero-order valence-electron chi connectivity index (χ0n) is 17.5. The number of aromatic nitrogens is 2. The highest BCUT2D eigenvalue weighted by molar-refractivity contribution is 5.79. The van der Waals surface area contributed by atoms with E-state index in [0.29, 0.717) is 19.7 Å². The van der Waals surface area contributed by atoms with Gasteiger partial charge in [0.25, 0.3) is 0 Å². The van der Waals surface area contributed by atoms with E-state index in [9.17, 15) is 0 Å². The monoisotopic (exact) mass is 407 g/mol. The van der Waals surface area contributed by atoms with Crippen LogP contribution in [0.4, 0.5) is 0 Å². The molecule has 0 aliphatic heterocycles. The van der Waals surface area contributed by atoms with Gasteiger partial charge in [-0.05, 0) is 36.2 Å². The molecule has 0 bridgehead atoms. The first-order valence-electron chi connectivity index (χ1n) is 10.1. The number of aliphatic imine (C=N–C) groups is 1. The highest BCUT2D eigenvalue weighted by atomic mass is 16.5. The average Bonchev–Trinajstić information content (AvgIpc) is 3.29. The van der Waals surface area contributed by atoms with E-state index < -0.39 is 0 Å². The third-order valence-electron chi connectivity index (χ3n) is 4.47. The highest BCUT2D eigenvalue weighted by Crippen LogP contribution is 2.18. The Hall–Kier alpha value is -3.48. The van der Waals surface area contributed by atoms with Gasteiger partial charge in [-0.25, -0.2) is 4.99 Å². The Bertz CT molecular complexity index is 925. The molecule has 7 nitrogen and oxygen atoms in total. The van der Waals surface area contributed by atoms with Crippen LogP contribution in [0.25, 0.3) is 0 Å². The van der Waals surface area contributed by atoms with Crippen LogP contribution in [0.15, 0.2) is 72.0 Å². The molecule has 1 heterocycles. The molecule has 7 heteroatoms. The third-order valence-corrected chi connectivity index (χ3v) is 4.47. The lowest BCUT2D eigenvalue weighted by molar-refractivity contribution is 0.319. The Morgan fingerprint density at radius 2 is 1.87 bits per heavy atom. The molecule has 0 radical (unpaired) electrons. The number of nitrogens with one attached hydrogen (secondary N) is 2. The first-order chi connectivity index (χ1) is 14.8. The van der Waals surface area contributed by atoms with Gasteiger partial charge < -0.3 is 20.1 Å². The van der Waals surface area contributed by atoms with E-state index in [1.807, 2.05) is 53.3 Å². The molecule has 1 aromatic heterocycles. The lowest BCUT2D eigenvalue weighted by Crippen LogP contribution is -2.39. The molecule has 3 rings (SSSR count). The van der Waals surface area contributed by atoms with Gasteiger partial charge in [0, 0.05) is 25.0 Å². The summed E-state index contributed by atoms with van der Waals surface area (Å²) in [4.78, 5) is 4.73. The van der Waals surface area contributed by atoms with Crippen LogP contribution in [-0.4, -0.2) is 42.5 Å². The zero-order valence-corrected chi connectivity index (χ0v) is 17.5. The van der Waals surface area contributed by atoms with Crippen LogP contribution in [0.3, 0.4) is 0 Å². The number of ether oxygens (including phenoxy) is 2. The van der Waals surface area contributed by atoms with Crippen molar-refractivity contribution >= 4 is 5.96 Å². The van der Waals surface area contributed by atoms with Crippen LogP contribution in [-0.2, 0) is 13.1 Å². The minimum atomic E-state index is 0.521. The van der Waals surface area contributed by atoms with E-state index in [0.717, 1.165) is 30.5 Å². The number of rotatable bonds is 10. The van der Waals surface area contributed by atoms with Crippen LogP contribution in [0, 0.1) is 0 Å². The fraction of sp³-hybridized carbons (Fsp3) is 0.304. The Morgan fingerprint density at radius 1 is 1.03 bits per heavy atom. The van der Waals surface area contributed by atoms with Crippen molar-refractivity contribution in [2.75, 3.05) is 26.8 Å². The number of hydrogen-bond acceptors (Lipinski definition) is 4. The molecule has 0 atom stereocenters. The second-order valence-electron chi connectivity index (χ2n) is 6.62. The van der Waals surface area contributed by atoms with Gasteiger partial charge in [0.15, 0.2) is 5.96 Å². The number of nitrogens with zero attached hydrogens (tertiary/aromatic N) is 3. The van der Waals surface area contributed by atoms with Crippen molar-refractivity contribution in [3.05, 3.63) is 78.1 Å². The number of benzene rings is 2. The first kappa shape index (κ1) is 21.2. The van der Waals surface area contributed by atoms with Crippen molar-refractivity contribution in [2.45, 2.75) is 20.0 Å². The Balaban J connectivity index is 1.54. The number of guanidine groups is 1. The van der Waals surface area contributed by atoms with Gasteiger partial charge in [0.1, 0.15) is 18.1 Å². The molecular formula is C23H29N5O2. The molecular weight excluding hydrogens is 378 g/mol. The summed E-state index contributed by atoms with van der Waals surface area (Å²) in [5, 5.41) is 10.9. The Morgan fingerprint density at radius 3 is 2.63 bits per heavy atom. The van der Waals surface area contributed by atoms with E-state index >= 15 is 0 Å². The van der Waals surface area contributed by atoms with E-state index in [-0.39, 0.29) is 0 Å². The fourth-order valence-electron chi connectivity index (χ4n) is 2.97. The van der Waals surface area contributed by atoms with Crippen molar-refractivity contribution in [1.29, 1.82) is 0 Å². The molecule has 0 aliphatic rings. The SMILES string of the molecule is CCNC(=NCc1ccccc1Cn1cccn1)NCCOc1cccc(OC)c1. The Labute approximate surface area is 177 Å². The molecule has 0 saturated carbocycles. The lowest BCUT2D eigenvalue weighted by Gasteiger charge is -2.13. The standard InChI is InChI=1S/C23H29N5O2/c1-3-24-23(25-13-15-30-22-11-6-10-21(16-22)29-2)26-17-19-8-4-5-9-20(19)18-28-14-7-12-27-28/h4-12,14,16H,3,13,15,17-18H2,1-2H3,(H2,24,25,26). The summed E-state index contributed by atoms with van der Waals surface area (Å²) in [6.07, 6.45) is 3.76. The van der Waals surface area contributed by atoms with E-state index in [1.165, 1.54) is 11.1 Å². The molecule has 0 unspecified atom stereocenters. The molecule has 2 N–H and O–H groups in total. The van der Waals surface area contributed by atoms with Crippen molar-refractivity contribution in [3.63, 3.8) is 0 Å². The first-order valence-corrected chi connectivity index (χ1v) is 10.1. The maximum Gasteiger partial charge on any atom is 0.191 e. The van der Waals surface area contributed by atoms with Gasteiger partial charge in [-0.2, -0.15) is 5.10 Å². The highest BCUT2D eigenvalue weighted by Gasteiger charge is 2.04. The van der Waals surface area contributed by atoms with Crippen LogP contribution in [0.1, 0.15) is 18.1 Å². The topological polar surface area (TPSA) is 72.7 Å². The van der Waals surface area contributed by atoms with Crippen molar-refractivity contribution in [2.24, 2.45) is 4.99 Å². The Kier molecular flexibility index (Phi) is 8.14. The van der Waals surface area contributed by atoms with Crippen LogP contribution >= 0.6 is 0 Å². The van der Waals surface area contributed by atoms with Crippen LogP contribution in [0.5, 0.6) is 11.5 Å². The van der Waals surface area contributed by atoms with Crippen molar-refractivity contribution in [1.82, 2.24) is 20.4 Å². The maximum absolute atomic E-state index is 5.78. The molecule has 158 valence electrons. The summed E-state index contributed by atoms with van der Waals surface area (Å²) in [5.74, 6) is 2.33. The van der Waals surface area contributed by atoms with Gasteiger partial charge in [-0.3, -0.25) is 4.68 Å². The zero-order chi connectivity index (χ0) is 21.0. The minimum absolute atomic E-state index is 0.521. The quantitative estimate of drug-likeness (QED) is 0.307. The lowest BCUT2D eigenvalue weighted by atomic mass is 10.1. The molecule has 2 aromatic carbocycles. The smallest absolute Gasteiger partial charge is 0.191 e. The minimum Gasteiger partial charge on any atom is -0.497 e. The van der Waals surface area contributed by atoms with Gasteiger partial charge >= 0.3 is 0 Å². The fourth-order valence-corrected chi connectivity index (χ4v) is 2.97. The molecule has 0 aliphatic carbocycles. The third kappa shape index (κ3) is 6.55. The molecule has 3 aromatic rings. The van der Waals surface area contributed by atoms with Gasteiger partial charge in [-0.15, -0.1) is 0 Å². The molecule has 0 amide bonds. The van der Waals surface area contributed by atoms with Gasteiger partial charge in [-0.1, -0.05) is 30.3 Å². The predicted octanol–water partition coefficient (Wildman–Crippen LogP) is 3.07. The second-order valence-corrected chi connectivity index (χ2v) is 6.62. The van der Waals surface area contributed by atoms with Gasteiger partial charge in [0.2, 0.25) is 0 Å². The molecule has 0 spiro atoms. The van der Waals surface area contributed by atoms with E-state index in [2.05, 4.69) is 34.8 Å². The van der Waals surface area contributed by atoms with Gasteiger partial charge in [0.05, 0.1) is 26.7 Å². The van der Waals surface area contributed by atoms with Crippen LogP contribution in [0.2, 0.25) is 0 Å². The summed E-state index contributed by atoms with van der Waals surface area (Å²) in [5.41, 5.74) is 2.39. The molecule has 0 fully saturated rings. The molecule has 0 saturated heterocycles. The predicted molar refractivity (Wildman–Crippen MR) is 119 cm³/mol. The largest absolute Gasteiger partial charge is 0.497 e. The van der Waals surface area contributed by atoms with E-state index in [1.54, 1.807) is 13.3 Å². The summed E-state index contributed by atoms with van der Waals surface area (Å²) in [7, 11) is 1.65. The average molecular weight is 408 g/mol. The number of hydrogen-bond donors (Lipinski definition) is 2. The van der Waals surface area contributed by atoms with Crippen molar-refractivity contribution < 1.29 is 9.47 Å². The normalized spacial score (nSPS) is 11.2.